The number of benzene rings is 1. The molecule has 1 amide bonds. The molecule has 1 saturated heterocycles. The van der Waals surface area contributed by atoms with E-state index in [-0.39, 0.29) is 32.1 Å². The number of halogens is 2. The van der Waals surface area contributed by atoms with E-state index in [1.165, 1.54) is 4.90 Å². The molecule has 0 aliphatic carbocycles. The number of carbonyl (C=O) groups is 1. The Morgan fingerprint density at radius 2 is 1.78 bits per heavy atom. The highest BCUT2D eigenvalue weighted by Gasteiger charge is 2.35. The fraction of sp³-hybridized carbons (Fsp3) is 0.412. The van der Waals surface area contributed by atoms with Gasteiger partial charge < -0.3 is 9.42 Å². The van der Waals surface area contributed by atoms with Crippen LogP contribution in [0.2, 0.25) is 0 Å². The molecule has 1 aromatic heterocycles. The van der Waals surface area contributed by atoms with Gasteiger partial charge in [0.1, 0.15) is 23.0 Å². The SMILES string of the molecule is CCc1noc(C)c1C(=O)N1CCN(S(=O)(=O)c2c(F)cccc2F)CC1. The van der Waals surface area contributed by atoms with Gasteiger partial charge >= 0.3 is 0 Å². The highest BCUT2D eigenvalue weighted by atomic mass is 32.2. The van der Waals surface area contributed by atoms with Gasteiger partial charge in [0.05, 0.1) is 5.69 Å². The average molecular weight is 399 g/mol. The summed E-state index contributed by atoms with van der Waals surface area (Å²) in [5.41, 5.74) is 0.926. The number of piperazine rings is 1. The van der Waals surface area contributed by atoms with Crippen molar-refractivity contribution in [3.8, 4) is 0 Å². The molecule has 0 radical (unpaired) electrons. The van der Waals surface area contributed by atoms with Crippen LogP contribution in [0.5, 0.6) is 0 Å². The summed E-state index contributed by atoms with van der Waals surface area (Å²) in [6.45, 7) is 3.56. The second kappa shape index (κ2) is 7.35. The average Bonchev–Trinajstić information content (AvgIpc) is 3.01. The second-order valence-electron chi connectivity index (χ2n) is 6.16. The summed E-state index contributed by atoms with van der Waals surface area (Å²) in [6.07, 6.45) is 0.527. The Labute approximate surface area is 155 Å². The first kappa shape index (κ1) is 19.4. The lowest BCUT2D eigenvalue weighted by atomic mass is 10.1. The first-order valence-electron chi connectivity index (χ1n) is 8.46. The fourth-order valence-corrected chi connectivity index (χ4v) is 4.61. The largest absolute Gasteiger partial charge is 0.361 e. The van der Waals surface area contributed by atoms with Crippen molar-refractivity contribution in [3.63, 3.8) is 0 Å². The van der Waals surface area contributed by atoms with Crippen LogP contribution < -0.4 is 0 Å². The molecule has 0 spiro atoms. The van der Waals surface area contributed by atoms with E-state index in [4.69, 9.17) is 4.52 Å². The van der Waals surface area contributed by atoms with E-state index in [0.29, 0.717) is 23.4 Å². The molecule has 146 valence electrons. The molecule has 0 unspecified atom stereocenters. The van der Waals surface area contributed by atoms with Crippen molar-refractivity contribution < 1.29 is 26.5 Å². The number of aryl methyl sites for hydroxylation is 2. The smallest absolute Gasteiger partial charge is 0.259 e. The molecule has 10 heteroatoms. The molecule has 0 bridgehead atoms. The van der Waals surface area contributed by atoms with Gasteiger partial charge in [0.15, 0.2) is 4.90 Å². The molecule has 1 fully saturated rings. The Balaban J connectivity index is 1.77. The van der Waals surface area contributed by atoms with E-state index in [1.54, 1.807) is 6.92 Å². The minimum Gasteiger partial charge on any atom is -0.361 e. The summed E-state index contributed by atoms with van der Waals surface area (Å²) in [5, 5.41) is 3.85. The van der Waals surface area contributed by atoms with Gasteiger partial charge in [0, 0.05) is 26.2 Å². The summed E-state index contributed by atoms with van der Waals surface area (Å²) in [4.78, 5) is 13.3. The molecular formula is C17H19F2N3O4S. The van der Waals surface area contributed by atoms with Crippen LogP contribution in [0.4, 0.5) is 8.78 Å². The first-order valence-corrected chi connectivity index (χ1v) is 9.90. The van der Waals surface area contributed by atoms with Gasteiger partial charge in [-0.3, -0.25) is 4.79 Å². The maximum Gasteiger partial charge on any atom is 0.259 e. The van der Waals surface area contributed by atoms with Gasteiger partial charge in [-0.15, -0.1) is 0 Å². The van der Waals surface area contributed by atoms with Crippen LogP contribution in [0, 0.1) is 18.6 Å². The number of hydrogen-bond acceptors (Lipinski definition) is 5. The summed E-state index contributed by atoms with van der Waals surface area (Å²) in [7, 11) is -4.33. The number of sulfonamides is 1. The zero-order valence-corrected chi connectivity index (χ0v) is 15.7. The monoisotopic (exact) mass is 399 g/mol. The highest BCUT2D eigenvalue weighted by molar-refractivity contribution is 7.89. The molecular weight excluding hydrogens is 380 g/mol. The van der Waals surface area contributed by atoms with Crippen molar-refractivity contribution in [2.75, 3.05) is 26.2 Å². The van der Waals surface area contributed by atoms with E-state index in [9.17, 15) is 22.0 Å². The van der Waals surface area contributed by atoms with E-state index in [2.05, 4.69) is 5.16 Å². The molecule has 2 aromatic rings. The fourth-order valence-electron chi connectivity index (χ4n) is 3.08. The van der Waals surface area contributed by atoms with Gasteiger partial charge in [0.25, 0.3) is 5.91 Å². The third kappa shape index (κ3) is 3.46. The van der Waals surface area contributed by atoms with Crippen LogP contribution in [-0.4, -0.2) is 54.9 Å². The van der Waals surface area contributed by atoms with Crippen LogP contribution in [0.25, 0.3) is 0 Å². The molecule has 27 heavy (non-hydrogen) atoms. The second-order valence-corrected chi connectivity index (χ2v) is 8.04. The van der Waals surface area contributed by atoms with Crippen molar-refractivity contribution >= 4 is 15.9 Å². The highest BCUT2D eigenvalue weighted by Crippen LogP contribution is 2.24. The van der Waals surface area contributed by atoms with E-state index in [0.717, 1.165) is 22.5 Å². The minimum atomic E-state index is -4.33. The van der Waals surface area contributed by atoms with Crippen LogP contribution in [0.3, 0.4) is 0 Å². The van der Waals surface area contributed by atoms with Crippen molar-refractivity contribution in [1.82, 2.24) is 14.4 Å². The quantitative estimate of drug-likeness (QED) is 0.785. The van der Waals surface area contributed by atoms with Crippen LogP contribution in [0.15, 0.2) is 27.6 Å². The van der Waals surface area contributed by atoms with Gasteiger partial charge in [-0.1, -0.05) is 18.1 Å². The predicted molar refractivity (Wildman–Crippen MR) is 91.6 cm³/mol. The number of hydrogen-bond donors (Lipinski definition) is 0. The minimum absolute atomic E-state index is 0.0619. The Morgan fingerprint density at radius 3 is 2.33 bits per heavy atom. The molecule has 0 N–H and O–H groups in total. The zero-order valence-electron chi connectivity index (χ0n) is 14.9. The number of aromatic nitrogens is 1. The molecule has 1 aromatic carbocycles. The standard InChI is InChI=1S/C17H19F2N3O4S/c1-3-14-15(11(2)26-20-14)17(23)21-7-9-22(10-8-21)27(24,25)16-12(18)5-4-6-13(16)19/h4-6H,3,7-10H2,1-2H3. The van der Waals surface area contributed by atoms with Crippen molar-refractivity contribution in [2.24, 2.45) is 0 Å². The number of amides is 1. The van der Waals surface area contributed by atoms with Crippen molar-refractivity contribution in [3.05, 3.63) is 46.9 Å². The number of rotatable bonds is 4. The molecule has 1 aliphatic rings. The van der Waals surface area contributed by atoms with Gasteiger partial charge in [-0.25, -0.2) is 17.2 Å². The third-order valence-electron chi connectivity index (χ3n) is 4.52. The molecule has 7 nitrogen and oxygen atoms in total. The summed E-state index contributed by atoms with van der Waals surface area (Å²) in [5.74, 6) is -2.16. The predicted octanol–water partition coefficient (Wildman–Crippen LogP) is 1.97. The topological polar surface area (TPSA) is 83.7 Å². The first-order chi connectivity index (χ1) is 12.8. The van der Waals surface area contributed by atoms with Gasteiger partial charge in [0.2, 0.25) is 10.0 Å². The Morgan fingerprint density at radius 1 is 1.19 bits per heavy atom. The maximum atomic E-state index is 13.9. The number of carbonyl (C=O) groups excluding carboxylic acids is 1. The van der Waals surface area contributed by atoms with Crippen molar-refractivity contribution in [2.45, 2.75) is 25.2 Å². The lowest BCUT2D eigenvalue weighted by Gasteiger charge is -2.34. The molecule has 0 atom stereocenters. The molecule has 3 rings (SSSR count). The van der Waals surface area contributed by atoms with Crippen LogP contribution in [0.1, 0.15) is 28.7 Å². The van der Waals surface area contributed by atoms with E-state index >= 15 is 0 Å². The van der Waals surface area contributed by atoms with E-state index in [1.807, 2.05) is 6.92 Å². The normalized spacial score (nSPS) is 15.9. The third-order valence-corrected chi connectivity index (χ3v) is 6.48. The molecule has 2 heterocycles. The van der Waals surface area contributed by atoms with Gasteiger partial charge in [-0.05, 0) is 25.5 Å². The lowest BCUT2D eigenvalue weighted by Crippen LogP contribution is -2.50. The van der Waals surface area contributed by atoms with Gasteiger partial charge in [-0.2, -0.15) is 4.31 Å². The van der Waals surface area contributed by atoms with Crippen LogP contribution in [-0.2, 0) is 16.4 Å². The van der Waals surface area contributed by atoms with Crippen LogP contribution >= 0.6 is 0 Å². The van der Waals surface area contributed by atoms with Crippen molar-refractivity contribution in [1.29, 1.82) is 0 Å². The summed E-state index contributed by atoms with van der Waals surface area (Å²) < 4.78 is 59.1. The molecule has 1 aliphatic heterocycles. The number of nitrogens with zero attached hydrogens (tertiary/aromatic N) is 3. The maximum absolute atomic E-state index is 13.9. The van der Waals surface area contributed by atoms with E-state index < -0.39 is 26.6 Å². The zero-order chi connectivity index (χ0) is 19.8. The molecule has 0 saturated carbocycles. The Hall–Kier alpha value is -2.33. The Kier molecular flexibility index (Phi) is 5.29. The summed E-state index contributed by atoms with van der Waals surface area (Å²) in [6, 6.07) is 2.90. The summed E-state index contributed by atoms with van der Waals surface area (Å²) >= 11 is 0. The Bertz CT molecular complexity index is 946. The lowest BCUT2D eigenvalue weighted by molar-refractivity contribution is 0.0695.